The normalized spacial score (nSPS) is 20.0. The van der Waals surface area contributed by atoms with E-state index in [9.17, 15) is 4.79 Å². The zero-order valence-electron chi connectivity index (χ0n) is 17.4. The summed E-state index contributed by atoms with van der Waals surface area (Å²) < 4.78 is 9.39. The topological polar surface area (TPSA) is 34.5 Å². The number of fused-ring (bicyclic) bond motifs is 1. The molecular formula is C24H19BrCl2N2O2S2. The highest BCUT2D eigenvalue weighted by Crippen LogP contribution is 2.36. The average molecular weight is 582 g/mol. The first-order valence-electron chi connectivity index (χ1n) is 10.5. The van der Waals surface area contributed by atoms with Gasteiger partial charge in [0.15, 0.2) is 0 Å². The van der Waals surface area contributed by atoms with Crippen molar-refractivity contribution in [1.82, 2.24) is 9.47 Å². The number of carbonyl (C=O) groups excluding carboxylic acids is 1. The smallest absolute Gasteiger partial charge is 0.266 e. The molecule has 2 saturated heterocycles. The van der Waals surface area contributed by atoms with Crippen molar-refractivity contribution < 1.29 is 9.53 Å². The van der Waals surface area contributed by atoms with Gasteiger partial charge in [-0.3, -0.25) is 9.69 Å². The van der Waals surface area contributed by atoms with Crippen LogP contribution in [0.1, 0.15) is 24.0 Å². The van der Waals surface area contributed by atoms with E-state index < -0.39 is 0 Å². The highest BCUT2D eigenvalue weighted by molar-refractivity contribution is 9.10. The van der Waals surface area contributed by atoms with Crippen molar-refractivity contribution in [3.8, 4) is 0 Å². The number of nitrogens with zero attached hydrogens (tertiary/aromatic N) is 2. The Morgan fingerprint density at radius 2 is 2.09 bits per heavy atom. The van der Waals surface area contributed by atoms with Gasteiger partial charge in [-0.05, 0) is 54.8 Å². The van der Waals surface area contributed by atoms with Crippen molar-refractivity contribution >= 4 is 90.3 Å². The molecule has 2 fully saturated rings. The van der Waals surface area contributed by atoms with E-state index in [2.05, 4.69) is 38.8 Å². The zero-order valence-corrected chi connectivity index (χ0v) is 22.1. The Balaban J connectivity index is 1.49. The maximum atomic E-state index is 13.1. The molecule has 9 heteroatoms. The minimum atomic E-state index is -0.0582. The first-order chi connectivity index (χ1) is 15.9. The van der Waals surface area contributed by atoms with Crippen LogP contribution in [-0.2, 0) is 16.1 Å². The molecule has 0 bridgehead atoms. The van der Waals surface area contributed by atoms with Crippen LogP contribution in [0.25, 0.3) is 17.0 Å². The summed E-state index contributed by atoms with van der Waals surface area (Å²) in [5.41, 5.74) is 2.97. The average Bonchev–Trinajstić information content (AvgIpc) is 3.47. The van der Waals surface area contributed by atoms with E-state index in [1.807, 2.05) is 24.3 Å². The van der Waals surface area contributed by atoms with Crippen molar-refractivity contribution in [1.29, 1.82) is 0 Å². The number of carbonyl (C=O) groups is 1. The second-order valence-electron chi connectivity index (χ2n) is 8.04. The van der Waals surface area contributed by atoms with Gasteiger partial charge in [0.05, 0.1) is 17.6 Å². The maximum Gasteiger partial charge on any atom is 0.266 e. The number of aromatic nitrogens is 1. The number of thiocarbonyl (C=S) groups is 1. The lowest BCUT2D eigenvalue weighted by molar-refractivity contribution is -0.123. The molecule has 1 aromatic heterocycles. The molecule has 3 heterocycles. The Morgan fingerprint density at radius 1 is 1.24 bits per heavy atom. The van der Waals surface area contributed by atoms with Crippen LogP contribution in [0, 0.1) is 0 Å². The van der Waals surface area contributed by atoms with Crippen LogP contribution >= 0.6 is 63.1 Å². The lowest BCUT2D eigenvalue weighted by atomic mass is 10.1. The molecule has 3 aromatic rings. The van der Waals surface area contributed by atoms with Gasteiger partial charge in [0.25, 0.3) is 5.91 Å². The van der Waals surface area contributed by atoms with Gasteiger partial charge in [-0.15, -0.1) is 0 Å². The lowest BCUT2D eigenvalue weighted by Crippen LogP contribution is -2.35. The number of benzene rings is 2. The molecule has 0 spiro atoms. The van der Waals surface area contributed by atoms with E-state index in [4.69, 9.17) is 40.2 Å². The Morgan fingerprint density at radius 3 is 2.85 bits per heavy atom. The Labute approximate surface area is 220 Å². The van der Waals surface area contributed by atoms with Crippen molar-refractivity contribution in [3.05, 3.63) is 73.1 Å². The fourth-order valence-electron chi connectivity index (χ4n) is 4.17. The van der Waals surface area contributed by atoms with Gasteiger partial charge < -0.3 is 9.30 Å². The van der Waals surface area contributed by atoms with E-state index in [0.29, 0.717) is 32.4 Å². The number of ether oxygens (including phenoxy) is 1. The molecular weight excluding hydrogens is 563 g/mol. The molecule has 4 nitrogen and oxygen atoms in total. The van der Waals surface area contributed by atoms with Crippen LogP contribution in [-0.4, -0.2) is 39.0 Å². The van der Waals surface area contributed by atoms with Gasteiger partial charge in [-0.2, -0.15) is 0 Å². The van der Waals surface area contributed by atoms with Crippen LogP contribution in [0.2, 0.25) is 10.0 Å². The molecule has 0 N–H and O–H groups in total. The number of thioether (sulfide) groups is 1. The molecule has 0 radical (unpaired) electrons. The largest absolute Gasteiger partial charge is 0.376 e. The fraction of sp³-hybridized carbons (Fsp3) is 0.250. The molecule has 170 valence electrons. The molecule has 2 aliphatic heterocycles. The van der Waals surface area contributed by atoms with Crippen molar-refractivity contribution in [2.75, 3.05) is 13.2 Å². The summed E-state index contributed by atoms with van der Waals surface area (Å²) in [7, 11) is 0. The van der Waals surface area contributed by atoms with Gasteiger partial charge in [0.1, 0.15) is 4.32 Å². The minimum Gasteiger partial charge on any atom is -0.376 e. The molecule has 0 saturated carbocycles. The summed E-state index contributed by atoms with van der Waals surface area (Å²) in [5.74, 6) is -0.0582. The van der Waals surface area contributed by atoms with Crippen LogP contribution in [0.5, 0.6) is 0 Å². The highest BCUT2D eigenvalue weighted by atomic mass is 79.9. The number of halogens is 3. The quantitative estimate of drug-likeness (QED) is 0.237. The molecule has 0 unspecified atom stereocenters. The van der Waals surface area contributed by atoms with Gasteiger partial charge in [0, 0.05) is 50.3 Å². The first-order valence-corrected chi connectivity index (χ1v) is 13.3. The van der Waals surface area contributed by atoms with Gasteiger partial charge in [0.2, 0.25) is 0 Å². The number of hydrogen-bond acceptors (Lipinski definition) is 4. The maximum absolute atomic E-state index is 13.1. The van der Waals surface area contributed by atoms with Crippen LogP contribution in [0.4, 0.5) is 0 Å². The minimum absolute atomic E-state index is 0.0582. The number of amides is 1. The molecule has 2 aliphatic rings. The van der Waals surface area contributed by atoms with E-state index in [1.165, 1.54) is 11.8 Å². The summed E-state index contributed by atoms with van der Waals surface area (Å²) in [6.07, 6.45) is 6.04. The molecule has 5 rings (SSSR count). The number of hydrogen-bond donors (Lipinski definition) is 0. The Hall–Kier alpha value is -1.35. The lowest BCUT2D eigenvalue weighted by Gasteiger charge is -2.18. The monoisotopic (exact) mass is 580 g/mol. The molecule has 33 heavy (non-hydrogen) atoms. The fourth-order valence-corrected chi connectivity index (χ4v) is 6.26. The van der Waals surface area contributed by atoms with E-state index in [-0.39, 0.29) is 12.0 Å². The second kappa shape index (κ2) is 9.72. The van der Waals surface area contributed by atoms with Crippen molar-refractivity contribution in [2.45, 2.75) is 25.5 Å². The third kappa shape index (κ3) is 4.90. The van der Waals surface area contributed by atoms with Crippen molar-refractivity contribution in [3.63, 3.8) is 0 Å². The third-order valence-electron chi connectivity index (χ3n) is 5.80. The van der Waals surface area contributed by atoms with Gasteiger partial charge in [-0.1, -0.05) is 69.2 Å². The molecule has 2 aromatic carbocycles. The first kappa shape index (κ1) is 23.4. The SMILES string of the molecule is O=C1/C(=C/c2cn(Cc3ccc(Cl)cc3Cl)c3ccc(Br)cc23)SC(=S)N1C[C@@H]1CCCO1. The molecule has 1 atom stereocenters. The number of rotatable bonds is 5. The zero-order chi connectivity index (χ0) is 23.1. The van der Waals surface area contributed by atoms with Crippen LogP contribution < -0.4 is 0 Å². The highest BCUT2D eigenvalue weighted by Gasteiger charge is 2.34. The predicted octanol–water partition coefficient (Wildman–Crippen LogP) is 7.14. The Bertz CT molecular complexity index is 1300. The summed E-state index contributed by atoms with van der Waals surface area (Å²) in [6, 6.07) is 11.7. The van der Waals surface area contributed by atoms with E-state index >= 15 is 0 Å². The Kier molecular flexibility index (Phi) is 6.89. The van der Waals surface area contributed by atoms with Gasteiger partial charge >= 0.3 is 0 Å². The van der Waals surface area contributed by atoms with E-state index in [0.717, 1.165) is 46.0 Å². The standard InChI is InChI=1S/C24H19BrCl2N2O2S2/c25-16-4-6-21-19(9-16)15(12-28(21)11-14-3-5-17(26)10-20(14)27)8-22-23(30)29(24(32)33-22)13-18-2-1-7-31-18/h3-6,8-10,12,18H,1-2,7,11,13H2/b22-8-/t18-/m0/s1. The third-order valence-corrected chi connectivity index (χ3v) is 8.26. The van der Waals surface area contributed by atoms with E-state index in [1.54, 1.807) is 11.0 Å². The predicted molar refractivity (Wildman–Crippen MR) is 144 cm³/mol. The van der Waals surface area contributed by atoms with Crippen LogP contribution in [0.15, 0.2) is 52.0 Å². The summed E-state index contributed by atoms with van der Waals surface area (Å²) in [6.45, 7) is 1.85. The summed E-state index contributed by atoms with van der Waals surface area (Å²) >= 11 is 22.9. The summed E-state index contributed by atoms with van der Waals surface area (Å²) in [4.78, 5) is 15.4. The molecule has 0 aliphatic carbocycles. The van der Waals surface area contributed by atoms with Crippen LogP contribution in [0.3, 0.4) is 0 Å². The molecule has 1 amide bonds. The second-order valence-corrected chi connectivity index (χ2v) is 11.5. The summed E-state index contributed by atoms with van der Waals surface area (Å²) in [5, 5.41) is 2.27. The van der Waals surface area contributed by atoms with Crippen molar-refractivity contribution in [2.24, 2.45) is 0 Å². The van der Waals surface area contributed by atoms with Gasteiger partial charge in [-0.25, -0.2) is 0 Å².